The van der Waals surface area contributed by atoms with Gasteiger partial charge in [-0.25, -0.2) is 9.97 Å². The number of carbonyl (C=O) groups excluding carboxylic acids is 4. The largest absolute Gasteiger partial charge is 0.488 e. The molecule has 0 aliphatic carbocycles. The molecular weight excluding hydrogens is 913 g/mol. The molecule has 0 saturated carbocycles. The van der Waals surface area contributed by atoms with E-state index in [1.807, 2.05) is 95.0 Å². The van der Waals surface area contributed by atoms with E-state index >= 15 is 0 Å². The first-order valence-electron chi connectivity index (χ1n) is 25.5. The molecule has 16 nitrogen and oxygen atoms in total. The van der Waals surface area contributed by atoms with Crippen LogP contribution in [-0.2, 0) is 41.9 Å². The van der Waals surface area contributed by atoms with Crippen LogP contribution >= 0.6 is 0 Å². The summed E-state index contributed by atoms with van der Waals surface area (Å²) in [6.07, 6.45) is 9.30. The number of hydrogen-bond donors (Lipinski definition) is 4. The Bertz CT molecular complexity index is 2750. The van der Waals surface area contributed by atoms with Crippen molar-refractivity contribution in [2.24, 2.45) is 11.8 Å². The number of imidazole rings is 2. The van der Waals surface area contributed by atoms with Gasteiger partial charge in [0.1, 0.15) is 48.4 Å². The number of likely N-dealkylation sites (tertiary alicyclic amines) is 2. The van der Waals surface area contributed by atoms with E-state index in [2.05, 4.69) is 32.7 Å². The molecule has 4 saturated heterocycles. The van der Waals surface area contributed by atoms with Crippen LogP contribution in [0.1, 0.15) is 109 Å². The first-order valence-corrected chi connectivity index (χ1v) is 25.5. The maximum Gasteiger partial charge on any atom is 0.250 e. The summed E-state index contributed by atoms with van der Waals surface area (Å²) in [6.45, 7) is 3.95. The number of carbonyl (C=O) groups is 4. The molecule has 370 valence electrons. The van der Waals surface area contributed by atoms with E-state index in [9.17, 15) is 19.2 Å². The van der Waals surface area contributed by atoms with Gasteiger partial charge in [0.05, 0.1) is 35.9 Å². The highest BCUT2D eigenvalue weighted by atomic mass is 16.5. The summed E-state index contributed by atoms with van der Waals surface area (Å²) in [5.41, 5.74) is 8.93. The molecule has 6 aromatic rings. The lowest BCUT2D eigenvalue weighted by Crippen LogP contribution is -2.45. The number of ether oxygens (including phenoxy) is 4. The number of hydrogen-bond acceptors (Lipinski definition) is 10. The van der Waals surface area contributed by atoms with Gasteiger partial charge in [-0.1, -0.05) is 60.7 Å². The molecule has 4 N–H and O–H groups in total. The number of nitrogens with one attached hydrogen (secondary N) is 4. The molecule has 4 fully saturated rings. The van der Waals surface area contributed by atoms with Gasteiger partial charge < -0.3 is 49.3 Å². The molecule has 72 heavy (non-hydrogen) atoms. The van der Waals surface area contributed by atoms with Crippen molar-refractivity contribution in [1.82, 2.24) is 40.4 Å². The van der Waals surface area contributed by atoms with Gasteiger partial charge in [-0.2, -0.15) is 0 Å². The topological polar surface area (TPSA) is 193 Å². The van der Waals surface area contributed by atoms with Crippen molar-refractivity contribution in [3.8, 4) is 45.1 Å². The second-order valence-corrected chi connectivity index (χ2v) is 19.8. The lowest BCUT2D eigenvalue weighted by atomic mass is 9.87. The number of amides is 4. The Hall–Kier alpha value is -7.30. The van der Waals surface area contributed by atoms with E-state index in [1.165, 1.54) is 0 Å². The molecule has 0 bridgehead atoms. The number of rotatable bonds is 12. The summed E-state index contributed by atoms with van der Waals surface area (Å²) in [5.74, 6) is 2.01. The highest BCUT2D eigenvalue weighted by Gasteiger charge is 2.40. The first-order chi connectivity index (χ1) is 35.3. The zero-order valence-electron chi connectivity index (χ0n) is 40.1. The minimum absolute atomic E-state index is 0.118. The summed E-state index contributed by atoms with van der Waals surface area (Å²) in [6, 6.07) is 25.1. The molecule has 16 heteroatoms. The van der Waals surface area contributed by atoms with Crippen molar-refractivity contribution in [2.45, 2.75) is 88.7 Å². The van der Waals surface area contributed by atoms with Crippen LogP contribution in [-0.4, -0.2) is 92.9 Å². The normalized spacial score (nSPS) is 20.5. The SMILES string of the molecule is O=C(N[C@@H](C(=O)N1CCC[C@H]1c1ncc(-c2cc3c4c(c2)OCc2cc(-c5cnc([C@@H]6CCCN6C(=O)[C@H](NC(=O)C6CCOCC6)c6ccccc6)[nH]5)cc(c2-4)OC3)[nH]1)c1ccccc1)C1CCOCC1. The quantitative estimate of drug-likeness (QED) is 0.0940. The molecule has 4 aromatic carbocycles. The van der Waals surface area contributed by atoms with Crippen molar-refractivity contribution in [3.05, 3.63) is 131 Å². The fourth-order valence-corrected chi connectivity index (χ4v) is 11.6. The minimum Gasteiger partial charge on any atom is -0.488 e. The molecule has 6 aliphatic heterocycles. The summed E-state index contributed by atoms with van der Waals surface area (Å²) in [5, 5.41) is 6.22. The monoisotopic (exact) mass is 970 g/mol. The van der Waals surface area contributed by atoms with E-state index in [0.29, 0.717) is 90.1 Å². The Balaban J connectivity index is 0.760. The maximum absolute atomic E-state index is 14.5. The van der Waals surface area contributed by atoms with Crippen molar-refractivity contribution in [1.29, 1.82) is 0 Å². The van der Waals surface area contributed by atoms with Crippen LogP contribution in [0.3, 0.4) is 0 Å². The Morgan fingerprint density at radius 1 is 0.556 bits per heavy atom. The van der Waals surface area contributed by atoms with Crippen LogP contribution in [0, 0.1) is 11.8 Å². The minimum atomic E-state index is -0.813. The molecule has 4 amide bonds. The summed E-state index contributed by atoms with van der Waals surface area (Å²) in [7, 11) is 0. The number of aromatic amines is 2. The Morgan fingerprint density at radius 3 is 1.39 bits per heavy atom. The lowest BCUT2D eigenvalue weighted by Gasteiger charge is -2.30. The van der Waals surface area contributed by atoms with Crippen LogP contribution in [0.15, 0.2) is 97.3 Å². The highest BCUT2D eigenvalue weighted by Crippen LogP contribution is 2.51. The van der Waals surface area contributed by atoms with Gasteiger partial charge in [0.25, 0.3) is 0 Å². The van der Waals surface area contributed by atoms with Gasteiger partial charge in [0, 0.05) is 84.7 Å². The molecule has 0 spiro atoms. The van der Waals surface area contributed by atoms with Gasteiger partial charge >= 0.3 is 0 Å². The van der Waals surface area contributed by atoms with E-state index < -0.39 is 12.1 Å². The standard InChI is InChI=1S/C56H58N8O8/c65-53(35-15-21-69-22-16-35)61-49(33-9-3-1-4-10-33)55(67)63-19-7-13-43(63)51-57-29-41(59-51)37-25-39-31-72-46-28-38(26-40-32-71-45(27-37)47(39)48(40)46)42-30-58-52(60-42)44-14-8-20-64(44)56(68)50(34-11-5-2-6-12-34)62-54(66)36-17-23-70-24-18-36/h1-6,9-12,25-30,35-36,43-44,49-50H,7-8,13-24,31-32H2,(H,57,59)(H,58,60)(H,61,65)(H,62,66)/t43-,44-,49+,50+/m0/s1. The third-order valence-electron chi connectivity index (χ3n) is 15.4. The predicted octanol–water partition coefficient (Wildman–Crippen LogP) is 7.81. The van der Waals surface area contributed by atoms with Gasteiger partial charge in [-0.15, -0.1) is 0 Å². The van der Waals surface area contributed by atoms with Crippen LogP contribution in [0.4, 0.5) is 0 Å². The van der Waals surface area contributed by atoms with Crippen molar-refractivity contribution in [3.63, 3.8) is 0 Å². The second kappa shape index (κ2) is 19.7. The lowest BCUT2D eigenvalue weighted by molar-refractivity contribution is -0.139. The zero-order valence-corrected chi connectivity index (χ0v) is 40.1. The molecule has 6 aliphatic rings. The predicted molar refractivity (Wildman–Crippen MR) is 265 cm³/mol. The van der Waals surface area contributed by atoms with Crippen molar-refractivity contribution < 1.29 is 38.1 Å². The molecule has 4 atom stereocenters. The number of aromatic nitrogens is 4. The number of nitrogens with zero attached hydrogens (tertiary/aromatic N) is 4. The summed E-state index contributed by atoms with van der Waals surface area (Å²) < 4.78 is 24.0. The Labute approximate surface area is 417 Å². The van der Waals surface area contributed by atoms with Gasteiger partial charge in [0.2, 0.25) is 23.6 Å². The van der Waals surface area contributed by atoms with Gasteiger partial charge in [0.15, 0.2) is 0 Å². The van der Waals surface area contributed by atoms with E-state index in [1.54, 1.807) is 0 Å². The summed E-state index contributed by atoms with van der Waals surface area (Å²) >= 11 is 0. The average molecular weight is 971 g/mol. The Kier molecular flexibility index (Phi) is 12.5. The zero-order chi connectivity index (χ0) is 48.7. The van der Waals surface area contributed by atoms with E-state index in [0.717, 1.165) is 93.1 Å². The highest BCUT2D eigenvalue weighted by molar-refractivity contribution is 5.92. The van der Waals surface area contributed by atoms with Crippen LogP contribution in [0.25, 0.3) is 33.6 Å². The molecule has 0 unspecified atom stereocenters. The molecule has 12 rings (SSSR count). The Morgan fingerprint density at radius 2 is 0.972 bits per heavy atom. The average Bonchev–Trinajstić information content (AvgIpc) is 4.30. The second-order valence-electron chi connectivity index (χ2n) is 19.8. The van der Waals surface area contributed by atoms with Gasteiger partial charge in [-0.3, -0.25) is 19.2 Å². The fourth-order valence-electron chi connectivity index (χ4n) is 11.6. The molecular formula is C56H58N8O8. The van der Waals surface area contributed by atoms with Crippen LogP contribution < -0.4 is 20.1 Å². The molecule has 0 radical (unpaired) electrons. The van der Waals surface area contributed by atoms with E-state index in [-0.39, 0.29) is 47.5 Å². The van der Waals surface area contributed by atoms with Crippen LogP contribution in [0.5, 0.6) is 11.5 Å². The van der Waals surface area contributed by atoms with E-state index in [4.69, 9.17) is 28.9 Å². The third kappa shape index (κ3) is 8.80. The number of benzene rings is 4. The van der Waals surface area contributed by atoms with Crippen molar-refractivity contribution >= 4 is 23.6 Å². The third-order valence-corrected chi connectivity index (χ3v) is 15.4. The smallest absolute Gasteiger partial charge is 0.250 e. The van der Waals surface area contributed by atoms with Gasteiger partial charge in [-0.05, 0) is 86.8 Å². The van der Waals surface area contributed by atoms with Crippen LogP contribution in [0.2, 0.25) is 0 Å². The maximum atomic E-state index is 14.5. The number of H-pyrrole nitrogens is 2. The van der Waals surface area contributed by atoms with Crippen molar-refractivity contribution in [2.75, 3.05) is 39.5 Å². The molecule has 2 aromatic heterocycles. The first kappa shape index (κ1) is 45.8. The fraction of sp³-hybridized carbons (Fsp3) is 0.393. The molecule has 8 heterocycles. The summed E-state index contributed by atoms with van der Waals surface area (Å²) in [4.78, 5) is 76.4.